The summed E-state index contributed by atoms with van der Waals surface area (Å²) in [6.07, 6.45) is -0.0952. The minimum absolute atomic E-state index is 0.0952. The normalized spacial score (nSPS) is 11.7. The van der Waals surface area contributed by atoms with Gasteiger partial charge in [0.05, 0.1) is 6.42 Å². The van der Waals surface area contributed by atoms with Crippen molar-refractivity contribution in [3.05, 3.63) is 69.9 Å². The van der Waals surface area contributed by atoms with Crippen LogP contribution in [0.2, 0.25) is 0 Å². The van der Waals surface area contributed by atoms with E-state index < -0.39 is 11.9 Å². The van der Waals surface area contributed by atoms with Crippen molar-refractivity contribution < 1.29 is 14.0 Å². The van der Waals surface area contributed by atoms with Crippen LogP contribution in [0.4, 0.5) is 4.39 Å². The van der Waals surface area contributed by atoms with Crippen molar-refractivity contribution in [3.8, 4) is 0 Å². The van der Waals surface area contributed by atoms with Crippen molar-refractivity contribution in [2.24, 2.45) is 0 Å². The van der Waals surface area contributed by atoms with Gasteiger partial charge in [-0.1, -0.05) is 46.3 Å². The zero-order valence-corrected chi connectivity index (χ0v) is 15.7. The van der Waals surface area contributed by atoms with Gasteiger partial charge in [0.2, 0.25) is 11.8 Å². The highest BCUT2D eigenvalue weighted by Crippen LogP contribution is 2.17. The number of likely N-dealkylation sites (N-methyl/N-ethyl adjacent to an activating group) is 1. The number of carbonyl (C=O) groups is 2. The first-order chi connectivity index (χ1) is 11.9. The topological polar surface area (TPSA) is 49.4 Å². The van der Waals surface area contributed by atoms with Gasteiger partial charge >= 0.3 is 0 Å². The molecule has 1 atom stereocenters. The third-order valence-corrected chi connectivity index (χ3v) is 4.45. The smallest absolute Gasteiger partial charge is 0.242 e. The summed E-state index contributed by atoms with van der Waals surface area (Å²) >= 11 is 3.40. The molecule has 2 rings (SSSR count). The monoisotopic (exact) mass is 406 g/mol. The number of amides is 2. The highest BCUT2D eigenvalue weighted by Gasteiger charge is 2.26. The summed E-state index contributed by atoms with van der Waals surface area (Å²) in [5, 5.41) is 2.56. The lowest BCUT2D eigenvalue weighted by atomic mass is 10.1. The van der Waals surface area contributed by atoms with Crippen LogP contribution in [0.5, 0.6) is 0 Å². The van der Waals surface area contributed by atoms with Crippen LogP contribution in [0.3, 0.4) is 0 Å². The van der Waals surface area contributed by atoms with Gasteiger partial charge in [0.25, 0.3) is 0 Å². The van der Waals surface area contributed by atoms with Crippen molar-refractivity contribution >= 4 is 27.7 Å². The van der Waals surface area contributed by atoms with E-state index in [1.54, 1.807) is 25.1 Å². The summed E-state index contributed by atoms with van der Waals surface area (Å²) in [5.74, 6) is -0.996. The first-order valence-corrected chi connectivity index (χ1v) is 8.70. The van der Waals surface area contributed by atoms with Gasteiger partial charge in [0.15, 0.2) is 0 Å². The summed E-state index contributed by atoms with van der Waals surface area (Å²) < 4.78 is 14.8. The van der Waals surface area contributed by atoms with Crippen LogP contribution in [-0.4, -0.2) is 29.8 Å². The lowest BCUT2D eigenvalue weighted by Crippen LogP contribution is -2.47. The third kappa shape index (κ3) is 5.13. The molecule has 1 N–H and O–H groups in total. The molecule has 132 valence electrons. The van der Waals surface area contributed by atoms with Gasteiger partial charge < -0.3 is 10.2 Å². The lowest BCUT2D eigenvalue weighted by Gasteiger charge is -2.28. The number of nitrogens with one attached hydrogen (secondary N) is 1. The van der Waals surface area contributed by atoms with E-state index in [0.29, 0.717) is 5.56 Å². The number of carbonyl (C=O) groups excluding carboxylic acids is 2. The predicted octanol–water partition coefficient (Wildman–Crippen LogP) is 3.29. The Morgan fingerprint density at radius 2 is 1.92 bits per heavy atom. The Kier molecular flexibility index (Phi) is 6.70. The number of hydrogen-bond donors (Lipinski definition) is 1. The average Bonchev–Trinajstić information content (AvgIpc) is 2.60. The third-order valence-electron chi connectivity index (χ3n) is 3.96. The molecule has 2 aromatic carbocycles. The molecule has 0 fully saturated rings. The van der Waals surface area contributed by atoms with E-state index in [1.807, 2.05) is 24.3 Å². The average molecular weight is 407 g/mol. The number of halogens is 2. The summed E-state index contributed by atoms with van der Waals surface area (Å²) in [6, 6.07) is 13.0. The van der Waals surface area contributed by atoms with E-state index in [9.17, 15) is 14.0 Å². The molecule has 4 nitrogen and oxygen atoms in total. The van der Waals surface area contributed by atoms with Gasteiger partial charge in [-0.3, -0.25) is 9.59 Å². The van der Waals surface area contributed by atoms with E-state index in [1.165, 1.54) is 18.0 Å². The molecule has 0 saturated heterocycles. The molecule has 0 radical (unpaired) electrons. The van der Waals surface area contributed by atoms with Gasteiger partial charge in [0, 0.05) is 18.1 Å². The Bertz CT molecular complexity index is 767. The fraction of sp³-hybridized carbons (Fsp3) is 0.263. The zero-order chi connectivity index (χ0) is 18.4. The summed E-state index contributed by atoms with van der Waals surface area (Å²) in [4.78, 5) is 26.3. The Hall–Kier alpha value is -2.21. The van der Waals surface area contributed by atoms with Crippen LogP contribution in [0.25, 0.3) is 0 Å². The molecular weight excluding hydrogens is 387 g/mol. The predicted molar refractivity (Wildman–Crippen MR) is 98.3 cm³/mol. The van der Waals surface area contributed by atoms with Crippen molar-refractivity contribution in [2.45, 2.75) is 25.9 Å². The second-order valence-electron chi connectivity index (χ2n) is 5.71. The highest BCUT2D eigenvalue weighted by molar-refractivity contribution is 9.10. The van der Waals surface area contributed by atoms with Crippen LogP contribution in [-0.2, 0) is 22.6 Å². The first-order valence-electron chi connectivity index (χ1n) is 7.91. The molecule has 0 heterocycles. The van der Waals surface area contributed by atoms with Gasteiger partial charge in [-0.05, 0) is 36.2 Å². The molecular formula is C19H20BrFN2O2. The number of rotatable bonds is 6. The van der Waals surface area contributed by atoms with E-state index >= 15 is 0 Å². The van der Waals surface area contributed by atoms with Gasteiger partial charge in [0.1, 0.15) is 11.9 Å². The Labute approximate surface area is 155 Å². The van der Waals surface area contributed by atoms with E-state index in [4.69, 9.17) is 0 Å². The van der Waals surface area contributed by atoms with Crippen molar-refractivity contribution in [1.29, 1.82) is 0 Å². The largest absolute Gasteiger partial charge is 0.357 e. The molecule has 0 spiro atoms. The van der Waals surface area contributed by atoms with Crippen molar-refractivity contribution in [1.82, 2.24) is 10.2 Å². The van der Waals surface area contributed by atoms with Crippen molar-refractivity contribution in [2.75, 3.05) is 7.05 Å². The van der Waals surface area contributed by atoms with Crippen LogP contribution in [0, 0.1) is 5.82 Å². The molecule has 2 aromatic rings. The molecule has 25 heavy (non-hydrogen) atoms. The SMILES string of the molecule is CNC(=O)[C@H](C)N(Cc1cccc(Br)c1)C(=O)Cc1ccccc1F. The molecule has 0 aliphatic heterocycles. The van der Waals surface area contributed by atoms with Crippen LogP contribution >= 0.6 is 15.9 Å². The quantitative estimate of drug-likeness (QED) is 0.799. The Balaban J connectivity index is 2.25. The Morgan fingerprint density at radius 3 is 2.56 bits per heavy atom. The van der Waals surface area contributed by atoms with E-state index in [2.05, 4.69) is 21.2 Å². The maximum absolute atomic E-state index is 13.9. The van der Waals surface area contributed by atoms with Crippen LogP contribution < -0.4 is 5.32 Å². The second-order valence-corrected chi connectivity index (χ2v) is 6.63. The maximum Gasteiger partial charge on any atom is 0.242 e. The standard InChI is InChI=1S/C19H20BrFN2O2/c1-13(19(25)22-2)23(12-14-6-5-8-16(20)10-14)18(24)11-15-7-3-4-9-17(15)21/h3-10,13H,11-12H2,1-2H3,(H,22,25)/t13-/m0/s1. The maximum atomic E-state index is 13.9. The summed E-state index contributed by atoms with van der Waals surface area (Å²) in [6.45, 7) is 1.93. The van der Waals surface area contributed by atoms with E-state index in [-0.39, 0.29) is 24.8 Å². The molecule has 0 aliphatic carbocycles. The molecule has 0 unspecified atom stereocenters. The second kappa shape index (κ2) is 8.76. The van der Waals surface area contributed by atoms with Gasteiger partial charge in [-0.25, -0.2) is 4.39 Å². The molecule has 0 bridgehead atoms. The Morgan fingerprint density at radius 1 is 1.20 bits per heavy atom. The van der Waals surface area contributed by atoms with Crippen LogP contribution in [0.1, 0.15) is 18.1 Å². The lowest BCUT2D eigenvalue weighted by molar-refractivity contribution is -0.139. The van der Waals surface area contributed by atoms with Gasteiger partial charge in [-0.15, -0.1) is 0 Å². The number of hydrogen-bond acceptors (Lipinski definition) is 2. The molecule has 2 amide bonds. The zero-order valence-electron chi connectivity index (χ0n) is 14.1. The highest BCUT2D eigenvalue weighted by atomic mass is 79.9. The van der Waals surface area contributed by atoms with E-state index in [0.717, 1.165) is 10.0 Å². The van der Waals surface area contributed by atoms with Crippen molar-refractivity contribution in [3.63, 3.8) is 0 Å². The fourth-order valence-corrected chi connectivity index (χ4v) is 2.98. The van der Waals surface area contributed by atoms with Crippen LogP contribution in [0.15, 0.2) is 53.0 Å². The molecule has 0 aliphatic rings. The minimum Gasteiger partial charge on any atom is -0.357 e. The first kappa shape index (κ1) is 19.1. The molecule has 6 heteroatoms. The van der Waals surface area contributed by atoms with Gasteiger partial charge in [-0.2, -0.15) is 0 Å². The number of nitrogens with zero attached hydrogens (tertiary/aromatic N) is 1. The molecule has 0 saturated carbocycles. The number of benzene rings is 2. The molecule has 0 aromatic heterocycles. The summed E-state index contributed by atoms with van der Waals surface area (Å²) in [5.41, 5.74) is 1.20. The fourth-order valence-electron chi connectivity index (χ4n) is 2.53. The minimum atomic E-state index is -0.664. The summed E-state index contributed by atoms with van der Waals surface area (Å²) in [7, 11) is 1.53.